The zero-order valence-corrected chi connectivity index (χ0v) is 17.1. The summed E-state index contributed by atoms with van der Waals surface area (Å²) in [6.07, 6.45) is 3.38. The summed E-state index contributed by atoms with van der Waals surface area (Å²) >= 11 is 0. The smallest absolute Gasteiger partial charge is 0.255 e. The number of hydrogen-bond acceptors (Lipinski definition) is 5. The van der Waals surface area contributed by atoms with Crippen LogP contribution in [0.5, 0.6) is 5.75 Å². The fraction of sp³-hybridized carbons (Fsp3) is 0.0385. The lowest BCUT2D eigenvalue weighted by atomic mass is 10.2. The Morgan fingerprint density at radius 1 is 0.906 bits per heavy atom. The number of nitrogens with one attached hydrogen (secondary N) is 1. The maximum atomic E-state index is 12.8. The minimum Gasteiger partial charge on any atom is -0.489 e. The van der Waals surface area contributed by atoms with Crippen LogP contribution in [-0.4, -0.2) is 15.9 Å². The van der Waals surface area contributed by atoms with Crippen molar-refractivity contribution in [1.82, 2.24) is 9.97 Å². The van der Waals surface area contributed by atoms with Gasteiger partial charge in [-0.3, -0.25) is 9.78 Å². The minimum absolute atomic E-state index is 0.229. The Kier molecular flexibility index (Phi) is 5.32. The summed E-state index contributed by atoms with van der Waals surface area (Å²) in [5.41, 5.74) is 4.35. The Labute approximate surface area is 184 Å². The van der Waals surface area contributed by atoms with Crippen molar-refractivity contribution in [1.29, 1.82) is 0 Å². The highest BCUT2D eigenvalue weighted by Crippen LogP contribution is 2.26. The van der Waals surface area contributed by atoms with E-state index >= 15 is 0 Å². The Hall–Kier alpha value is -4.45. The zero-order chi connectivity index (χ0) is 21.8. The van der Waals surface area contributed by atoms with Gasteiger partial charge in [-0.05, 0) is 54.1 Å². The van der Waals surface area contributed by atoms with E-state index in [1.165, 1.54) is 0 Å². The molecule has 2 aromatic heterocycles. The molecular weight excluding hydrogens is 402 g/mol. The number of rotatable bonds is 6. The fourth-order valence-electron chi connectivity index (χ4n) is 3.29. The van der Waals surface area contributed by atoms with Crippen LogP contribution in [0.3, 0.4) is 0 Å². The van der Waals surface area contributed by atoms with Crippen molar-refractivity contribution in [3.63, 3.8) is 0 Å². The average molecular weight is 421 g/mol. The number of benzene rings is 3. The van der Waals surface area contributed by atoms with Gasteiger partial charge in [0.15, 0.2) is 5.58 Å². The van der Waals surface area contributed by atoms with Gasteiger partial charge >= 0.3 is 0 Å². The van der Waals surface area contributed by atoms with Crippen molar-refractivity contribution in [3.8, 4) is 17.2 Å². The van der Waals surface area contributed by atoms with Gasteiger partial charge in [-0.2, -0.15) is 0 Å². The van der Waals surface area contributed by atoms with Crippen LogP contribution in [0.1, 0.15) is 15.9 Å². The molecule has 0 fully saturated rings. The predicted molar refractivity (Wildman–Crippen MR) is 122 cm³/mol. The van der Waals surface area contributed by atoms with E-state index in [-0.39, 0.29) is 5.91 Å². The van der Waals surface area contributed by atoms with E-state index in [4.69, 9.17) is 9.15 Å². The number of amides is 1. The zero-order valence-electron chi connectivity index (χ0n) is 17.1. The van der Waals surface area contributed by atoms with E-state index in [0.717, 1.165) is 11.1 Å². The first kappa shape index (κ1) is 19.5. The van der Waals surface area contributed by atoms with E-state index < -0.39 is 0 Å². The summed E-state index contributed by atoms with van der Waals surface area (Å²) < 4.78 is 11.6. The molecule has 0 unspecified atom stereocenters. The normalized spacial score (nSPS) is 10.8. The Balaban J connectivity index is 1.30. The molecule has 0 aliphatic carbocycles. The van der Waals surface area contributed by atoms with Gasteiger partial charge in [-0.1, -0.05) is 36.4 Å². The summed E-state index contributed by atoms with van der Waals surface area (Å²) in [7, 11) is 0. The van der Waals surface area contributed by atoms with Crippen LogP contribution in [0.25, 0.3) is 22.6 Å². The standard InChI is InChI=1S/C26H19N3O3/c30-25(20-7-4-8-22(15-20)31-17-18-5-2-1-3-6-18)28-21-9-10-24-23(16-21)29-26(32-24)19-11-13-27-14-12-19/h1-16H,17H2,(H,28,30). The van der Waals surface area contributed by atoms with E-state index in [1.54, 1.807) is 48.8 Å². The van der Waals surface area contributed by atoms with E-state index in [9.17, 15) is 4.79 Å². The van der Waals surface area contributed by atoms with Gasteiger partial charge in [0.25, 0.3) is 5.91 Å². The van der Waals surface area contributed by atoms with Gasteiger partial charge in [0.05, 0.1) is 0 Å². The third kappa shape index (κ3) is 4.34. The second-order valence-electron chi connectivity index (χ2n) is 7.19. The van der Waals surface area contributed by atoms with Crippen molar-refractivity contribution >= 4 is 22.7 Å². The summed E-state index contributed by atoms with van der Waals surface area (Å²) in [6.45, 7) is 0.439. The molecular formula is C26H19N3O3. The highest BCUT2D eigenvalue weighted by molar-refractivity contribution is 6.05. The van der Waals surface area contributed by atoms with Gasteiger partial charge in [0, 0.05) is 29.2 Å². The number of fused-ring (bicyclic) bond motifs is 1. The second-order valence-corrected chi connectivity index (χ2v) is 7.19. The molecule has 0 aliphatic heterocycles. The first-order valence-corrected chi connectivity index (χ1v) is 10.1. The molecule has 0 atom stereocenters. The lowest BCUT2D eigenvalue weighted by molar-refractivity contribution is 0.102. The third-order valence-corrected chi connectivity index (χ3v) is 4.92. The molecule has 0 radical (unpaired) electrons. The molecule has 3 aromatic carbocycles. The number of carbonyl (C=O) groups excluding carboxylic acids is 1. The second kappa shape index (κ2) is 8.73. The van der Waals surface area contributed by atoms with E-state index in [1.807, 2.05) is 48.5 Å². The molecule has 5 aromatic rings. The van der Waals surface area contributed by atoms with Crippen LogP contribution >= 0.6 is 0 Å². The average Bonchev–Trinajstić information content (AvgIpc) is 3.28. The largest absolute Gasteiger partial charge is 0.489 e. The van der Waals surface area contributed by atoms with E-state index in [2.05, 4.69) is 15.3 Å². The van der Waals surface area contributed by atoms with Gasteiger partial charge in [-0.25, -0.2) is 4.98 Å². The molecule has 32 heavy (non-hydrogen) atoms. The van der Waals surface area contributed by atoms with Gasteiger partial charge in [-0.15, -0.1) is 0 Å². The SMILES string of the molecule is O=C(Nc1ccc2oc(-c3ccncc3)nc2c1)c1cccc(OCc2ccccc2)c1. The van der Waals surface area contributed by atoms with Crippen LogP contribution in [0.2, 0.25) is 0 Å². The molecule has 1 amide bonds. The molecule has 0 saturated carbocycles. The van der Waals surface area contributed by atoms with Gasteiger partial charge < -0.3 is 14.5 Å². The lowest BCUT2D eigenvalue weighted by Crippen LogP contribution is -2.12. The Morgan fingerprint density at radius 2 is 1.75 bits per heavy atom. The van der Waals surface area contributed by atoms with Crippen molar-refractivity contribution < 1.29 is 13.9 Å². The predicted octanol–water partition coefficient (Wildman–Crippen LogP) is 5.72. The maximum absolute atomic E-state index is 12.8. The summed E-state index contributed by atoms with van der Waals surface area (Å²) in [6, 6.07) is 26.0. The Bertz CT molecular complexity index is 1370. The number of carbonyl (C=O) groups is 1. The number of oxazole rings is 1. The number of hydrogen-bond donors (Lipinski definition) is 1. The molecule has 5 rings (SSSR count). The van der Waals surface area contributed by atoms with Crippen molar-refractivity contribution in [2.24, 2.45) is 0 Å². The summed E-state index contributed by atoms with van der Waals surface area (Å²) in [5.74, 6) is 0.914. The van der Waals surface area contributed by atoms with Crippen LogP contribution in [0.4, 0.5) is 5.69 Å². The molecule has 0 spiro atoms. The van der Waals surface area contributed by atoms with Gasteiger partial charge in [0.1, 0.15) is 17.9 Å². The monoisotopic (exact) mass is 421 g/mol. The molecule has 6 nitrogen and oxygen atoms in total. The molecule has 1 N–H and O–H groups in total. The first-order chi connectivity index (χ1) is 15.7. The molecule has 0 bridgehead atoms. The highest BCUT2D eigenvalue weighted by atomic mass is 16.5. The molecule has 156 valence electrons. The number of aromatic nitrogens is 2. The van der Waals surface area contributed by atoms with Crippen LogP contribution in [0.15, 0.2) is 102 Å². The topological polar surface area (TPSA) is 77.3 Å². The number of anilines is 1. The van der Waals surface area contributed by atoms with Crippen LogP contribution in [-0.2, 0) is 6.61 Å². The van der Waals surface area contributed by atoms with Crippen LogP contribution < -0.4 is 10.1 Å². The van der Waals surface area contributed by atoms with Crippen molar-refractivity contribution in [2.75, 3.05) is 5.32 Å². The van der Waals surface area contributed by atoms with Crippen molar-refractivity contribution in [3.05, 3.63) is 108 Å². The lowest BCUT2D eigenvalue weighted by Gasteiger charge is -2.09. The molecule has 0 aliphatic rings. The number of ether oxygens (including phenoxy) is 1. The molecule has 6 heteroatoms. The minimum atomic E-state index is -0.229. The number of nitrogens with zero attached hydrogens (tertiary/aromatic N) is 2. The van der Waals surface area contributed by atoms with E-state index in [0.29, 0.717) is 40.6 Å². The Morgan fingerprint density at radius 3 is 2.59 bits per heavy atom. The quantitative estimate of drug-likeness (QED) is 0.379. The summed E-state index contributed by atoms with van der Waals surface area (Å²) in [4.78, 5) is 21.3. The highest BCUT2D eigenvalue weighted by Gasteiger charge is 2.11. The molecule has 2 heterocycles. The first-order valence-electron chi connectivity index (χ1n) is 10.1. The summed E-state index contributed by atoms with van der Waals surface area (Å²) in [5, 5.41) is 2.91. The fourth-order valence-corrected chi connectivity index (χ4v) is 3.29. The van der Waals surface area contributed by atoms with Gasteiger partial charge in [0.2, 0.25) is 5.89 Å². The molecule has 0 saturated heterocycles. The maximum Gasteiger partial charge on any atom is 0.255 e. The van der Waals surface area contributed by atoms with Crippen LogP contribution in [0, 0.1) is 0 Å². The number of pyridine rings is 1. The van der Waals surface area contributed by atoms with Crippen molar-refractivity contribution in [2.45, 2.75) is 6.61 Å². The third-order valence-electron chi connectivity index (χ3n) is 4.92.